The topological polar surface area (TPSA) is 73.1 Å². The fourth-order valence-corrected chi connectivity index (χ4v) is 2.30. The van der Waals surface area contributed by atoms with E-state index in [1.54, 1.807) is 12.1 Å². The van der Waals surface area contributed by atoms with Crippen molar-refractivity contribution in [3.8, 4) is 11.8 Å². The van der Waals surface area contributed by atoms with Gasteiger partial charge in [0.1, 0.15) is 17.4 Å². The Morgan fingerprint density at radius 1 is 1.24 bits per heavy atom. The molecule has 2 aromatic rings. The Kier molecular flexibility index (Phi) is 5.49. The van der Waals surface area contributed by atoms with Gasteiger partial charge in [0.05, 0.1) is 5.56 Å². The van der Waals surface area contributed by atoms with Gasteiger partial charge in [-0.05, 0) is 42.5 Å². The molecule has 0 fully saturated rings. The number of benzene rings is 2. The van der Waals surface area contributed by atoms with Crippen LogP contribution in [0.1, 0.15) is 11.1 Å². The number of amides is 1. The van der Waals surface area contributed by atoms with Gasteiger partial charge < -0.3 is 10.4 Å². The zero-order valence-corrected chi connectivity index (χ0v) is 14.0. The Balaban J connectivity index is 2.28. The van der Waals surface area contributed by atoms with Crippen LogP contribution in [0, 0.1) is 11.3 Å². The van der Waals surface area contributed by atoms with Crippen LogP contribution in [-0.2, 0) is 11.0 Å². The van der Waals surface area contributed by atoms with Gasteiger partial charge in [-0.25, -0.2) is 0 Å². The molecule has 4 nitrogen and oxygen atoms in total. The Morgan fingerprint density at radius 3 is 2.60 bits per heavy atom. The number of nitrogens with one attached hydrogen (secondary N) is 1. The van der Waals surface area contributed by atoms with E-state index >= 15 is 0 Å². The maximum absolute atomic E-state index is 12.7. The maximum Gasteiger partial charge on any atom is 0.416 e. The zero-order chi connectivity index (χ0) is 18.6. The van der Waals surface area contributed by atoms with E-state index in [0.29, 0.717) is 4.47 Å². The van der Waals surface area contributed by atoms with Crippen molar-refractivity contribution in [1.29, 1.82) is 5.26 Å². The first-order valence-corrected chi connectivity index (χ1v) is 7.59. The van der Waals surface area contributed by atoms with E-state index in [1.807, 2.05) is 0 Å². The molecule has 0 saturated carbocycles. The minimum absolute atomic E-state index is 0.0977. The largest absolute Gasteiger partial charge is 0.507 e. The molecule has 128 valence electrons. The number of phenolic OH excluding ortho intramolecular Hbond substituents is 1. The van der Waals surface area contributed by atoms with Crippen LogP contribution in [0.3, 0.4) is 0 Å². The summed E-state index contributed by atoms with van der Waals surface area (Å²) in [7, 11) is 0. The van der Waals surface area contributed by atoms with Crippen molar-refractivity contribution in [1.82, 2.24) is 0 Å². The van der Waals surface area contributed by atoms with Crippen LogP contribution in [0.4, 0.5) is 18.9 Å². The Bertz CT molecular complexity index is 886. The number of halogens is 4. The number of aromatic hydroxyl groups is 1. The lowest BCUT2D eigenvalue weighted by molar-refractivity contribution is -0.137. The van der Waals surface area contributed by atoms with Crippen molar-refractivity contribution in [3.05, 3.63) is 63.6 Å². The average Bonchev–Trinajstić information content (AvgIpc) is 2.55. The van der Waals surface area contributed by atoms with Crippen LogP contribution >= 0.6 is 15.9 Å². The molecule has 2 N–H and O–H groups in total. The standard InChI is InChI=1S/C17H10BrF3N2O2/c18-13-4-5-15(24)10(7-13)6-11(9-22)16(25)23-14-3-1-2-12(8-14)17(19,20)21/h1-8,24H,(H,23,25)/b11-6+. The van der Waals surface area contributed by atoms with Gasteiger partial charge in [-0.3, -0.25) is 4.79 Å². The van der Waals surface area contributed by atoms with Crippen molar-refractivity contribution in [2.45, 2.75) is 6.18 Å². The van der Waals surface area contributed by atoms with Gasteiger partial charge >= 0.3 is 6.18 Å². The monoisotopic (exact) mass is 410 g/mol. The molecule has 0 aliphatic carbocycles. The molecule has 0 atom stereocenters. The predicted molar refractivity (Wildman–Crippen MR) is 89.5 cm³/mol. The fraction of sp³-hybridized carbons (Fsp3) is 0.0588. The molecule has 0 unspecified atom stereocenters. The summed E-state index contributed by atoms with van der Waals surface area (Å²) >= 11 is 3.20. The highest BCUT2D eigenvalue weighted by Gasteiger charge is 2.30. The van der Waals surface area contributed by atoms with Gasteiger partial charge in [0.25, 0.3) is 5.91 Å². The highest BCUT2D eigenvalue weighted by molar-refractivity contribution is 9.10. The minimum Gasteiger partial charge on any atom is -0.507 e. The summed E-state index contributed by atoms with van der Waals surface area (Å²) in [6, 6.07) is 10.2. The van der Waals surface area contributed by atoms with E-state index in [9.17, 15) is 23.1 Å². The lowest BCUT2D eigenvalue weighted by Crippen LogP contribution is -2.14. The van der Waals surface area contributed by atoms with Crippen LogP contribution in [0.25, 0.3) is 6.08 Å². The lowest BCUT2D eigenvalue weighted by atomic mass is 10.1. The number of phenols is 1. The minimum atomic E-state index is -4.54. The fourth-order valence-electron chi connectivity index (χ4n) is 1.92. The molecule has 0 aliphatic rings. The van der Waals surface area contributed by atoms with Gasteiger partial charge in [-0.2, -0.15) is 18.4 Å². The Hall–Kier alpha value is -2.79. The number of anilines is 1. The van der Waals surface area contributed by atoms with E-state index in [-0.39, 0.29) is 22.6 Å². The average molecular weight is 411 g/mol. The highest BCUT2D eigenvalue weighted by atomic mass is 79.9. The predicted octanol–water partition coefficient (Wildman–Crippen LogP) is 4.72. The molecule has 0 saturated heterocycles. The van der Waals surface area contributed by atoms with Gasteiger partial charge in [-0.15, -0.1) is 0 Å². The van der Waals surface area contributed by atoms with Crippen LogP contribution < -0.4 is 5.32 Å². The van der Waals surface area contributed by atoms with Crippen LogP contribution in [0.15, 0.2) is 52.5 Å². The molecule has 0 heterocycles. The van der Waals surface area contributed by atoms with Gasteiger partial charge in [-0.1, -0.05) is 22.0 Å². The summed E-state index contributed by atoms with van der Waals surface area (Å²) < 4.78 is 38.7. The molecule has 0 spiro atoms. The third-order valence-electron chi connectivity index (χ3n) is 3.10. The van der Waals surface area contributed by atoms with E-state index in [0.717, 1.165) is 24.3 Å². The number of nitriles is 1. The molecule has 0 bridgehead atoms. The number of carbonyl (C=O) groups excluding carboxylic acids is 1. The normalized spacial score (nSPS) is 11.7. The summed E-state index contributed by atoms with van der Waals surface area (Å²) in [4.78, 5) is 12.1. The van der Waals surface area contributed by atoms with E-state index in [2.05, 4.69) is 21.2 Å². The number of hydrogen-bond acceptors (Lipinski definition) is 3. The van der Waals surface area contributed by atoms with Crippen molar-refractivity contribution < 1.29 is 23.1 Å². The quantitative estimate of drug-likeness (QED) is 0.567. The first-order chi connectivity index (χ1) is 11.7. The molecular formula is C17H10BrF3N2O2. The summed E-state index contributed by atoms with van der Waals surface area (Å²) in [6.07, 6.45) is -3.40. The summed E-state index contributed by atoms with van der Waals surface area (Å²) in [5, 5.41) is 21.1. The number of nitrogens with zero attached hydrogens (tertiary/aromatic N) is 1. The van der Waals surface area contributed by atoms with E-state index in [4.69, 9.17) is 5.26 Å². The number of hydrogen-bond donors (Lipinski definition) is 2. The summed E-state index contributed by atoms with van der Waals surface area (Å²) in [6.45, 7) is 0. The summed E-state index contributed by atoms with van der Waals surface area (Å²) in [5.74, 6) is -1.04. The van der Waals surface area contributed by atoms with Crippen LogP contribution in [0.2, 0.25) is 0 Å². The highest BCUT2D eigenvalue weighted by Crippen LogP contribution is 2.31. The number of carbonyl (C=O) groups is 1. The molecule has 2 aromatic carbocycles. The van der Waals surface area contributed by atoms with E-state index < -0.39 is 17.6 Å². The second kappa shape index (κ2) is 7.40. The SMILES string of the molecule is N#C/C(=C\c1cc(Br)ccc1O)C(=O)Nc1cccc(C(F)(F)F)c1. The first kappa shape index (κ1) is 18.5. The maximum atomic E-state index is 12.7. The van der Waals surface area contributed by atoms with Crippen molar-refractivity contribution in [2.24, 2.45) is 0 Å². The molecular weight excluding hydrogens is 401 g/mol. The van der Waals surface area contributed by atoms with Crippen molar-refractivity contribution >= 4 is 33.6 Å². The third-order valence-corrected chi connectivity index (χ3v) is 3.60. The zero-order valence-electron chi connectivity index (χ0n) is 12.4. The molecule has 0 radical (unpaired) electrons. The van der Waals surface area contributed by atoms with Gasteiger partial charge in [0.15, 0.2) is 0 Å². The van der Waals surface area contributed by atoms with Crippen molar-refractivity contribution in [3.63, 3.8) is 0 Å². The number of alkyl halides is 3. The molecule has 2 rings (SSSR count). The number of rotatable bonds is 3. The molecule has 1 amide bonds. The summed E-state index contributed by atoms with van der Waals surface area (Å²) in [5.41, 5.74) is -1.17. The Morgan fingerprint density at radius 2 is 1.96 bits per heavy atom. The lowest BCUT2D eigenvalue weighted by Gasteiger charge is -2.09. The van der Waals surface area contributed by atoms with Gasteiger partial charge in [0, 0.05) is 15.7 Å². The van der Waals surface area contributed by atoms with Gasteiger partial charge in [0.2, 0.25) is 0 Å². The molecule has 8 heteroatoms. The second-order valence-electron chi connectivity index (χ2n) is 4.91. The smallest absolute Gasteiger partial charge is 0.416 e. The third kappa shape index (κ3) is 4.84. The molecule has 0 aliphatic heterocycles. The van der Waals surface area contributed by atoms with Crippen molar-refractivity contribution in [2.75, 3.05) is 5.32 Å². The second-order valence-corrected chi connectivity index (χ2v) is 5.82. The first-order valence-electron chi connectivity index (χ1n) is 6.79. The van der Waals surface area contributed by atoms with Crippen LogP contribution in [-0.4, -0.2) is 11.0 Å². The Labute approximate surface area is 149 Å². The van der Waals surface area contributed by atoms with Crippen LogP contribution in [0.5, 0.6) is 5.75 Å². The van der Waals surface area contributed by atoms with E-state index in [1.165, 1.54) is 18.2 Å². The molecule has 25 heavy (non-hydrogen) atoms. The molecule has 0 aromatic heterocycles.